The second kappa shape index (κ2) is 6.59. The number of carbonyl (C=O) groups is 2. The third-order valence-electron chi connectivity index (χ3n) is 4.83. The lowest BCUT2D eigenvalue weighted by molar-refractivity contribution is -0.119. The number of amides is 2. The van der Waals surface area contributed by atoms with Crippen molar-refractivity contribution in [3.8, 4) is 0 Å². The van der Waals surface area contributed by atoms with Crippen LogP contribution in [0.1, 0.15) is 47.0 Å². The lowest BCUT2D eigenvalue weighted by atomic mass is 10.0. The molecule has 128 valence electrons. The average molecular weight is 336 g/mol. The van der Waals surface area contributed by atoms with Crippen molar-refractivity contribution in [2.24, 2.45) is 0 Å². The Labute approximate surface area is 146 Å². The lowest BCUT2D eigenvalue weighted by Crippen LogP contribution is -2.35. The molecule has 5 nitrogen and oxygen atoms in total. The third-order valence-corrected chi connectivity index (χ3v) is 4.83. The van der Waals surface area contributed by atoms with E-state index in [4.69, 9.17) is 4.42 Å². The van der Waals surface area contributed by atoms with E-state index in [0.29, 0.717) is 25.1 Å². The van der Waals surface area contributed by atoms with Gasteiger partial charge >= 0.3 is 0 Å². The predicted octanol–water partition coefficient (Wildman–Crippen LogP) is 3.16. The standard InChI is InChI=1S/C20H20N2O3/c23-19-10-9-17(21-19)14-5-7-15(8-6-14)20(24)22-11-1-3-16(13-22)18-4-2-12-25-18/h2-8,12,17H,1,9-11,13H2,(H,21,23). The zero-order valence-corrected chi connectivity index (χ0v) is 13.9. The highest BCUT2D eigenvalue weighted by molar-refractivity contribution is 5.95. The van der Waals surface area contributed by atoms with Crippen LogP contribution in [0.5, 0.6) is 0 Å². The molecule has 5 heteroatoms. The van der Waals surface area contributed by atoms with Crippen LogP contribution >= 0.6 is 0 Å². The maximum absolute atomic E-state index is 12.8. The monoisotopic (exact) mass is 336 g/mol. The summed E-state index contributed by atoms with van der Waals surface area (Å²) in [6.45, 7) is 1.27. The molecule has 1 fully saturated rings. The molecule has 2 amide bonds. The Morgan fingerprint density at radius 1 is 1.20 bits per heavy atom. The molecule has 2 aromatic rings. The first-order valence-electron chi connectivity index (χ1n) is 8.62. The average Bonchev–Trinajstić information content (AvgIpc) is 3.33. The van der Waals surface area contributed by atoms with E-state index in [1.165, 1.54) is 0 Å². The number of hydrogen-bond acceptors (Lipinski definition) is 3. The van der Waals surface area contributed by atoms with Gasteiger partial charge in [0, 0.05) is 30.6 Å². The van der Waals surface area contributed by atoms with Gasteiger partial charge in [-0.05, 0) is 42.7 Å². The number of nitrogens with zero attached hydrogens (tertiary/aromatic N) is 1. The van der Waals surface area contributed by atoms with Crippen molar-refractivity contribution < 1.29 is 14.0 Å². The highest BCUT2D eigenvalue weighted by Crippen LogP contribution is 2.25. The highest BCUT2D eigenvalue weighted by atomic mass is 16.3. The van der Waals surface area contributed by atoms with Crippen LogP contribution in [0.15, 0.2) is 53.2 Å². The van der Waals surface area contributed by atoms with Crippen LogP contribution in [0, 0.1) is 0 Å². The van der Waals surface area contributed by atoms with Crippen molar-refractivity contribution >= 4 is 17.4 Å². The molecule has 1 N–H and O–H groups in total. The Bertz CT molecular complexity index is 806. The Hall–Kier alpha value is -2.82. The molecular formula is C20H20N2O3. The summed E-state index contributed by atoms with van der Waals surface area (Å²) in [4.78, 5) is 26.0. The highest BCUT2D eigenvalue weighted by Gasteiger charge is 2.24. The third kappa shape index (κ3) is 3.22. The molecular weight excluding hydrogens is 316 g/mol. The Balaban J connectivity index is 1.46. The molecule has 1 unspecified atom stereocenters. The second-order valence-corrected chi connectivity index (χ2v) is 6.50. The minimum atomic E-state index is 0.0270. The Morgan fingerprint density at radius 3 is 2.72 bits per heavy atom. The van der Waals surface area contributed by atoms with Gasteiger partial charge in [0.05, 0.1) is 12.3 Å². The Morgan fingerprint density at radius 2 is 2.04 bits per heavy atom. The molecule has 0 radical (unpaired) electrons. The number of furan rings is 1. The number of carbonyl (C=O) groups excluding carboxylic acids is 2. The number of rotatable bonds is 3. The van der Waals surface area contributed by atoms with Crippen LogP contribution in [0.25, 0.3) is 5.57 Å². The van der Waals surface area contributed by atoms with Crippen LogP contribution in [-0.4, -0.2) is 29.8 Å². The summed E-state index contributed by atoms with van der Waals surface area (Å²) >= 11 is 0. The molecule has 0 saturated carbocycles. The number of nitrogens with one attached hydrogen (secondary N) is 1. The largest absolute Gasteiger partial charge is 0.465 e. The SMILES string of the molecule is O=C1CCC(c2ccc(C(=O)N3CCC=C(c4ccco4)C3)cc2)N1. The fourth-order valence-corrected chi connectivity index (χ4v) is 3.46. The molecule has 3 heterocycles. The van der Waals surface area contributed by atoms with Crippen LogP contribution in [0.3, 0.4) is 0 Å². The minimum Gasteiger partial charge on any atom is -0.465 e. The van der Waals surface area contributed by atoms with E-state index in [1.54, 1.807) is 6.26 Å². The smallest absolute Gasteiger partial charge is 0.254 e. The van der Waals surface area contributed by atoms with E-state index < -0.39 is 0 Å². The second-order valence-electron chi connectivity index (χ2n) is 6.50. The number of benzene rings is 1. The van der Waals surface area contributed by atoms with Crippen molar-refractivity contribution in [2.75, 3.05) is 13.1 Å². The van der Waals surface area contributed by atoms with Gasteiger partial charge in [-0.3, -0.25) is 9.59 Å². The molecule has 0 bridgehead atoms. The van der Waals surface area contributed by atoms with Crippen molar-refractivity contribution in [3.63, 3.8) is 0 Å². The van der Waals surface area contributed by atoms with Crippen LogP contribution in [0.2, 0.25) is 0 Å². The summed E-state index contributed by atoms with van der Waals surface area (Å²) in [7, 11) is 0. The van der Waals surface area contributed by atoms with Gasteiger partial charge in [0.15, 0.2) is 0 Å². The lowest BCUT2D eigenvalue weighted by Gasteiger charge is -2.27. The van der Waals surface area contributed by atoms with Gasteiger partial charge in [-0.1, -0.05) is 18.2 Å². The number of hydrogen-bond donors (Lipinski definition) is 1. The van der Waals surface area contributed by atoms with Gasteiger partial charge in [0.25, 0.3) is 5.91 Å². The quantitative estimate of drug-likeness (QED) is 0.936. The summed E-state index contributed by atoms with van der Waals surface area (Å²) in [6, 6.07) is 11.4. The van der Waals surface area contributed by atoms with E-state index in [0.717, 1.165) is 29.7 Å². The molecule has 2 aliphatic heterocycles. The molecule has 0 aliphatic carbocycles. The molecule has 1 atom stereocenters. The van der Waals surface area contributed by atoms with Crippen LogP contribution in [0.4, 0.5) is 0 Å². The van der Waals surface area contributed by atoms with Crippen LogP contribution < -0.4 is 5.32 Å². The van der Waals surface area contributed by atoms with Crippen molar-refractivity contribution in [3.05, 3.63) is 65.6 Å². The first-order valence-corrected chi connectivity index (χ1v) is 8.62. The zero-order chi connectivity index (χ0) is 17.2. The van der Waals surface area contributed by atoms with Crippen molar-refractivity contribution in [2.45, 2.75) is 25.3 Å². The van der Waals surface area contributed by atoms with Crippen molar-refractivity contribution in [1.82, 2.24) is 10.2 Å². The van der Waals surface area contributed by atoms with Crippen LogP contribution in [-0.2, 0) is 4.79 Å². The molecule has 1 saturated heterocycles. The van der Waals surface area contributed by atoms with Gasteiger partial charge in [0.2, 0.25) is 5.91 Å². The normalized spacial score (nSPS) is 20.3. The summed E-state index contributed by atoms with van der Waals surface area (Å²) in [5.41, 5.74) is 2.78. The maximum atomic E-state index is 12.8. The van der Waals surface area contributed by atoms with E-state index in [9.17, 15) is 9.59 Å². The maximum Gasteiger partial charge on any atom is 0.254 e. The molecule has 1 aromatic heterocycles. The minimum absolute atomic E-state index is 0.0270. The fourth-order valence-electron chi connectivity index (χ4n) is 3.46. The van der Waals surface area contributed by atoms with E-state index in [2.05, 4.69) is 11.4 Å². The van der Waals surface area contributed by atoms with Gasteiger partial charge in [-0.2, -0.15) is 0 Å². The zero-order valence-electron chi connectivity index (χ0n) is 13.9. The fraction of sp³-hybridized carbons (Fsp3) is 0.300. The molecule has 0 spiro atoms. The summed E-state index contributed by atoms with van der Waals surface area (Å²) in [5, 5.41) is 2.95. The van der Waals surface area contributed by atoms with Gasteiger partial charge < -0.3 is 14.6 Å². The summed E-state index contributed by atoms with van der Waals surface area (Å²) < 4.78 is 5.45. The summed E-state index contributed by atoms with van der Waals surface area (Å²) in [6.07, 6.45) is 6.00. The van der Waals surface area contributed by atoms with Gasteiger partial charge in [-0.15, -0.1) is 0 Å². The van der Waals surface area contributed by atoms with E-state index in [1.807, 2.05) is 41.3 Å². The van der Waals surface area contributed by atoms with Gasteiger partial charge in [0.1, 0.15) is 5.76 Å². The van der Waals surface area contributed by atoms with E-state index in [-0.39, 0.29) is 17.9 Å². The first kappa shape index (κ1) is 15.7. The topological polar surface area (TPSA) is 62.6 Å². The molecule has 1 aromatic carbocycles. The molecule has 4 rings (SSSR count). The van der Waals surface area contributed by atoms with Crippen molar-refractivity contribution in [1.29, 1.82) is 0 Å². The molecule has 25 heavy (non-hydrogen) atoms. The predicted molar refractivity (Wildman–Crippen MR) is 93.8 cm³/mol. The first-order chi connectivity index (χ1) is 12.2. The van der Waals surface area contributed by atoms with E-state index >= 15 is 0 Å². The molecule has 2 aliphatic rings. The Kier molecular flexibility index (Phi) is 4.14. The van der Waals surface area contributed by atoms with Gasteiger partial charge in [-0.25, -0.2) is 0 Å². The summed E-state index contributed by atoms with van der Waals surface area (Å²) in [5.74, 6) is 0.944.